The van der Waals surface area contributed by atoms with Crippen LogP contribution in [-0.2, 0) is 6.54 Å². The number of alkyl halides is 2. The monoisotopic (exact) mass is 301 g/mol. The highest BCUT2D eigenvalue weighted by Crippen LogP contribution is 2.21. The molecule has 6 nitrogen and oxygen atoms in total. The molecule has 0 aliphatic heterocycles. The molecule has 0 unspecified atom stereocenters. The van der Waals surface area contributed by atoms with E-state index in [-0.39, 0.29) is 13.2 Å². The van der Waals surface area contributed by atoms with Gasteiger partial charge in [-0.15, -0.1) is 5.10 Å². The first-order valence-electron chi connectivity index (χ1n) is 5.82. The number of hydrogen-bond donors (Lipinski definition) is 1. The van der Waals surface area contributed by atoms with Crippen molar-refractivity contribution in [3.8, 4) is 5.75 Å². The first-order chi connectivity index (χ1) is 9.99. The van der Waals surface area contributed by atoms with Crippen LogP contribution in [0.2, 0.25) is 0 Å². The molecule has 0 spiro atoms. The zero-order chi connectivity index (χ0) is 15.4. The third kappa shape index (κ3) is 3.50. The van der Waals surface area contributed by atoms with Gasteiger partial charge in [-0.3, -0.25) is 0 Å². The number of rotatable bonds is 6. The number of aromatic carboxylic acids is 1. The summed E-state index contributed by atoms with van der Waals surface area (Å²) in [6, 6.07) is 5.15. The van der Waals surface area contributed by atoms with Gasteiger partial charge in [-0.05, 0) is 24.3 Å². The Morgan fingerprint density at radius 2 is 2.00 bits per heavy atom. The fraction of sp³-hybridized carbons (Fsp3) is 0.250. The average molecular weight is 301 g/mol. The molecule has 0 atom stereocenters. The summed E-state index contributed by atoms with van der Waals surface area (Å²) in [5, 5.41) is 15.3. The van der Waals surface area contributed by atoms with Crippen LogP contribution in [0.3, 0.4) is 0 Å². The van der Waals surface area contributed by atoms with Crippen molar-refractivity contribution >= 4 is 5.97 Å². The average Bonchev–Trinajstić information content (AvgIpc) is 2.85. The summed E-state index contributed by atoms with van der Waals surface area (Å²) in [6.07, 6.45) is -3.02. The molecule has 2 rings (SSSR count). The Labute approximate surface area is 116 Å². The number of halogens is 3. The molecule has 2 aromatic rings. The van der Waals surface area contributed by atoms with Crippen molar-refractivity contribution in [1.82, 2.24) is 15.0 Å². The predicted octanol–water partition coefficient (Wildman–Crippen LogP) is 2.13. The number of carbonyl (C=O) groups is 1. The Balaban J connectivity index is 2.03. The third-order valence-corrected chi connectivity index (χ3v) is 2.57. The van der Waals surface area contributed by atoms with Crippen LogP contribution >= 0.6 is 0 Å². The zero-order valence-corrected chi connectivity index (χ0v) is 10.5. The van der Waals surface area contributed by atoms with E-state index < -0.39 is 29.6 Å². The van der Waals surface area contributed by atoms with E-state index in [0.717, 1.165) is 4.68 Å². The lowest BCUT2D eigenvalue weighted by molar-refractivity contribution is 0.0675. The highest BCUT2D eigenvalue weighted by molar-refractivity contribution is 5.86. The highest BCUT2D eigenvalue weighted by Gasteiger charge is 2.26. The third-order valence-electron chi connectivity index (χ3n) is 2.57. The van der Waals surface area contributed by atoms with Gasteiger partial charge < -0.3 is 9.84 Å². The van der Waals surface area contributed by atoms with Gasteiger partial charge >= 0.3 is 5.97 Å². The molecule has 0 saturated heterocycles. The summed E-state index contributed by atoms with van der Waals surface area (Å²) in [5.74, 6) is -1.64. The van der Waals surface area contributed by atoms with E-state index in [1.807, 2.05) is 0 Å². The maximum atomic E-state index is 12.8. The SMILES string of the molecule is O=C(O)c1nnn(CCOc2ccc(F)cc2)c1C(F)F. The number of benzene rings is 1. The van der Waals surface area contributed by atoms with Crippen molar-refractivity contribution in [3.05, 3.63) is 41.5 Å². The summed E-state index contributed by atoms with van der Waals surface area (Å²) in [5.41, 5.74) is -1.56. The second-order valence-corrected chi connectivity index (χ2v) is 3.95. The maximum Gasteiger partial charge on any atom is 0.358 e. The summed E-state index contributed by atoms with van der Waals surface area (Å²) >= 11 is 0. The lowest BCUT2D eigenvalue weighted by Crippen LogP contribution is -2.14. The molecule has 0 saturated carbocycles. The topological polar surface area (TPSA) is 77.2 Å². The molecule has 0 amide bonds. The Kier molecular flexibility index (Phi) is 4.41. The van der Waals surface area contributed by atoms with Crippen LogP contribution in [0.5, 0.6) is 5.75 Å². The number of ether oxygens (including phenoxy) is 1. The van der Waals surface area contributed by atoms with Gasteiger partial charge in [0.05, 0.1) is 6.54 Å². The summed E-state index contributed by atoms with van der Waals surface area (Å²) in [4.78, 5) is 10.8. The Morgan fingerprint density at radius 1 is 1.33 bits per heavy atom. The van der Waals surface area contributed by atoms with E-state index in [1.165, 1.54) is 24.3 Å². The summed E-state index contributed by atoms with van der Waals surface area (Å²) in [7, 11) is 0. The maximum absolute atomic E-state index is 12.8. The summed E-state index contributed by atoms with van der Waals surface area (Å²) in [6.45, 7) is -0.162. The van der Waals surface area contributed by atoms with Crippen LogP contribution in [0, 0.1) is 5.82 Å². The van der Waals surface area contributed by atoms with Gasteiger partial charge in [-0.2, -0.15) is 0 Å². The molecular weight excluding hydrogens is 291 g/mol. The van der Waals surface area contributed by atoms with E-state index in [0.29, 0.717) is 5.75 Å². The molecule has 21 heavy (non-hydrogen) atoms. The van der Waals surface area contributed by atoms with E-state index in [4.69, 9.17) is 9.84 Å². The minimum absolute atomic E-state index is 0.0478. The second-order valence-electron chi connectivity index (χ2n) is 3.95. The van der Waals surface area contributed by atoms with E-state index in [2.05, 4.69) is 10.3 Å². The van der Waals surface area contributed by atoms with Crippen molar-refractivity contribution in [2.24, 2.45) is 0 Å². The Hall–Kier alpha value is -2.58. The normalized spacial score (nSPS) is 10.9. The number of nitrogens with zero attached hydrogens (tertiary/aromatic N) is 3. The Morgan fingerprint density at radius 3 is 2.57 bits per heavy atom. The highest BCUT2D eigenvalue weighted by atomic mass is 19.3. The van der Waals surface area contributed by atoms with Gasteiger partial charge in [0, 0.05) is 0 Å². The molecule has 0 radical (unpaired) electrons. The van der Waals surface area contributed by atoms with E-state index in [9.17, 15) is 18.0 Å². The largest absolute Gasteiger partial charge is 0.492 e. The minimum atomic E-state index is -3.02. The molecule has 1 aromatic heterocycles. The Bertz CT molecular complexity index is 628. The fourth-order valence-corrected chi connectivity index (χ4v) is 1.63. The van der Waals surface area contributed by atoms with E-state index in [1.54, 1.807) is 0 Å². The molecule has 0 bridgehead atoms. The van der Waals surface area contributed by atoms with Crippen molar-refractivity contribution in [2.45, 2.75) is 13.0 Å². The molecule has 1 N–H and O–H groups in total. The van der Waals surface area contributed by atoms with Gasteiger partial charge in [-0.25, -0.2) is 22.6 Å². The molecule has 0 aliphatic rings. The van der Waals surface area contributed by atoms with Crippen LogP contribution in [0.15, 0.2) is 24.3 Å². The fourth-order valence-electron chi connectivity index (χ4n) is 1.63. The number of hydrogen-bond acceptors (Lipinski definition) is 4. The van der Waals surface area contributed by atoms with Gasteiger partial charge in [0.25, 0.3) is 6.43 Å². The molecule has 1 aromatic carbocycles. The van der Waals surface area contributed by atoms with Crippen molar-refractivity contribution < 1.29 is 27.8 Å². The molecule has 112 valence electrons. The van der Waals surface area contributed by atoms with Crippen molar-refractivity contribution in [1.29, 1.82) is 0 Å². The minimum Gasteiger partial charge on any atom is -0.492 e. The first-order valence-corrected chi connectivity index (χ1v) is 5.82. The number of carboxylic acids is 1. The molecular formula is C12H10F3N3O3. The van der Waals surface area contributed by atoms with Gasteiger partial charge in [0.15, 0.2) is 5.69 Å². The number of carboxylic acid groups (broad SMARTS) is 1. The summed E-state index contributed by atoms with van der Waals surface area (Å²) < 4.78 is 44.3. The molecule has 0 fully saturated rings. The lowest BCUT2D eigenvalue weighted by Gasteiger charge is -2.08. The van der Waals surface area contributed by atoms with Crippen LogP contribution in [0.1, 0.15) is 22.6 Å². The van der Waals surface area contributed by atoms with Gasteiger partial charge in [0.2, 0.25) is 0 Å². The van der Waals surface area contributed by atoms with E-state index >= 15 is 0 Å². The van der Waals surface area contributed by atoms with Crippen molar-refractivity contribution in [3.63, 3.8) is 0 Å². The van der Waals surface area contributed by atoms with Gasteiger partial charge in [0.1, 0.15) is 23.9 Å². The standard InChI is InChI=1S/C12H10F3N3O3/c13-7-1-3-8(4-2-7)21-6-5-18-10(11(14)15)9(12(19)20)16-17-18/h1-4,11H,5-6H2,(H,19,20). The van der Waals surface area contributed by atoms with Crippen LogP contribution in [0.4, 0.5) is 13.2 Å². The number of aromatic nitrogens is 3. The first kappa shape index (κ1) is 14.8. The molecule has 1 heterocycles. The van der Waals surface area contributed by atoms with Crippen LogP contribution < -0.4 is 4.74 Å². The zero-order valence-electron chi connectivity index (χ0n) is 10.5. The second kappa shape index (κ2) is 6.25. The van der Waals surface area contributed by atoms with Crippen molar-refractivity contribution in [2.75, 3.05) is 6.61 Å². The van der Waals surface area contributed by atoms with Gasteiger partial charge in [-0.1, -0.05) is 5.21 Å². The van der Waals surface area contributed by atoms with Crippen LogP contribution in [-0.4, -0.2) is 32.7 Å². The van der Waals surface area contributed by atoms with Crippen LogP contribution in [0.25, 0.3) is 0 Å². The molecule has 9 heteroatoms. The quantitative estimate of drug-likeness (QED) is 0.884. The lowest BCUT2D eigenvalue weighted by atomic mass is 10.3. The predicted molar refractivity (Wildman–Crippen MR) is 63.8 cm³/mol. The smallest absolute Gasteiger partial charge is 0.358 e. The molecule has 0 aliphatic carbocycles.